The van der Waals surface area contributed by atoms with E-state index in [1.807, 2.05) is 6.92 Å². The Labute approximate surface area is 83.7 Å². The number of nitrogens with zero attached hydrogens (tertiary/aromatic N) is 2. The first kappa shape index (κ1) is 10.7. The summed E-state index contributed by atoms with van der Waals surface area (Å²) in [5.74, 6) is 1.88. The van der Waals surface area contributed by atoms with Crippen LogP contribution in [-0.2, 0) is 4.74 Å². The minimum Gasteiger partial charge on any atom is -0.384 e. The summed E-state index contributed by atoms with van der Waals surface area (Å²) in [6.07, 6.45) is 0.145. The van der Waals surface area contributed by atoms with Crippen molar-refractivity contribution in [1.82, 2.24) is 9.97 Å². The first-order valence-electron chi connectivity index (χ1n) is 4.49. The topological polar surface area (TPSA) is 73.1 Å². The minimum absolute atomic E-state index is 0.145. The van der Waals surface area contributed by atoms with Gasteiger partial charge in [0.25, 0.3) is 0 Å². The summed E-state index contributed by atoms with van der Waals surface area (Å²) >= 11 is 0. The van der Waals surface area contributed by atoms with E-state index < -0.39 is 0 Å². The van der Waals surface area contributed by atoms with Gasteiger partial charge < -0.3 is 15.8 Å². The first-order chi connectivity index (χ1) is 6.61. The maximum atomic E-state index is 5.58. The molecule has 1 heterocycles. The third-order valence-corrected chi connectivity index (χ3v) is 1.83. The van der Waals surface area contributed by atoms with E-state index in [9.17, 15) is 0 Å². The zero-order valence-electron chi connectivity index (χ0n) is 8.74. The predicted molar refractivity (Wildman–Crippen MR) is 56.1 cm³/mol. The molecular weight excluding hydrogens is 180 g/mol. The second-order valence-electron chi connectivity index (χ2n) is 3.15. The summed E-state index contributed by atoms with van der Waals surface area (Å²) in [5.41, 5.74) is 5.58. The third kappa shape index (κ3) is 3.18. The number of rotatable bonds is 4. The molecule has 5 nitrogen and oxygen atoms in total. The molecule has 0 aliphatic carbocycles. The van der Waals surface area contributed by atoms with Crippen LogP contribution in [0.2, 0.25) is 0 Å². The largest absolute Gasteiger partial charge is 0.384 e. The molecule has 0 aliphatic rings. The van der Waals surface area contributed by atoms with Crippen molar-refractivity contribution in [1.29, 1.82) is 0 Å². The predicted octanol–water partition coefficient (Wildman–Crippen LogP) is 0.814. The monoisotopic (exact) mass is 196 g/mol. The van der Waals surface area contributed by atoms with Crippen molar-refractivity contribution in [3.63, 3.8) is 0 Å². The quantitative estimate of drug-likeness (QED) is 0.745. The fourth-order valence-electron chi connectivity index (χ4n) is 1.01. The molecule has 1 atom stereocenters. The summed E-state index contributed by atoms with van der Waals surface area (Å²) in [7, 11) is 1.67. The average Bonchev–Trinajstić information content (AvgIpc) is 2.12. The molecule has 3 N–H and O–H groups in total. The van der Waals surface area contributed by atoms with Crippen LogP contribution in [0.15, 0.2) is 6.07 Å². The molecule has 0 radical (unpaired) electrons. The van der Waals surface area contributed by atoms with Crippen molar-refractivity contribution in [3.8, 4) is 0 Å². The Morgan fingerprint density at radius 1 is 1.57 bits per heavy atom. The molecule has 14 heavy (non-hydrogen) atoms. The van der Waals surface area contributed by atoms with Crippen LogP contribution in [0.25, 0.3) is 0 Å². The van der Waals surface area contributed by atoms with Crippen LogP contribution in [0.4, 0.5) is 11.6 Å². The van der Waals surface area contributed by atoms with Gasteiger partial charge in [0, 0.05) is 19.7 Å². The molecule has 1 aromatic heterocycles. The number of nitrogen functional groups attached to an aromatic ring is 1. The minimum atomic E-state index is 0.145. The number of aromatic nitrogens is 2. The number of methoxy groups -OCH3 is 1. The molecule has 1 unspecified atom stereocenters. The van der Waals surface area contributed by atoms with Crippen molar-refractivity contribution in [2.45, 2.75) is 20.0 Å². The second-order valence-corrected chi connectivity index (χ2v) is 3.15. The average molecular weight is 196 g/mol. The second kappa shape index (κ2) is 4.76. The van der Waals surface area contributed by atoms with Gasteiger partial charge in [0.15, 0.2) is 0 Å². The summed E-state index contributed by atoms with van der Waals surface area (Å²) in [6, 6.07) is 1.70. The highest BCUT2D eigenvalue weighted by atomic mass is 16.5. The SMILES string of the molecule is COC(C)CNc1cc(N)nc(C)n1. The van der Waals surface area contributed by atoms with Crippen LogP contribution in [0.5, 0.6) is 0 Å². The van der Waals surface area contributed by atoms with E-state index in [2.05, 4.69) is 15.3 Å². The van der Waals surface area contributed by atoms with E-state index in [0.29, 0.717) is 18.2 Å². The summed E-state index contributed by atoms with van der Waals surface area (Å²) < 4.78 is 5.10. The van der Waals surface area contributed by atoms with Crippen molar-refractivity contribution >= 4 is 11.6 Å². The Morgan fingerprint density at radius 3 is 2.86 bits per heavy atom. The van der Waals surface area contributed by atoms with E-state index in [0.717, 1.165) is 5.82 Å². The number of nitrogens with two attached hydrogens (primary N) is 1. The Kier molecular flexibility index (Phi) is 3.64. The Balaban J connectivity index is 2.58. The van der Waals surface area contributed by atoms with E-state index in [1.54, 1.807) is 20.1 Å². The molecule has 0 aromatic carbocycles. The Hall–Kier alpha value is -1.36. The molecule has 1 aromatic rings. The zero-order valence-corrected chi connectivity index (χ0v) is 8.74. The summed E-state index contributed by atoms with van der Waals surface area (Å²) in [6.45, 7) is 4.48. The van der Waals surface area contributed by atoms with Gasteiger partial charge in [0.05, 0.1) is 6.10 Å². The maximum Gasteiger partial charge on any atom is 0.131 e. The molecule has 0 fully saturated rings. The molecular formula is C9H16N4O. The van der Waals surface area contributed by atoms with Crippen LogP contribution in [0.3, 0.4) is 0 Å². The molecule has 0 bridgehead atoms. The van der Waals surface area contributed by atoms with Gasteiger partial charge in [0.1, 0.15) is 17.5 Å². The van der Waals surface area contributed by atoms with Crippen LogP contribution >= 0.6 is 0 Å². The highest BCUT2D eigenvalue weighted by Crippen LogP contribution is 2.07. The number of ether oxygens (including phenoxy) is 1. The summed E-state index contributed by atoms with van der Waals surface area (Å²) in [5, 5.41) is 3.12. The van der Waals surface area contributed by atoms with Crippen molar-refractivity contribution in [2.24, 2.45) is 0 Å². The first-order valence-corrected chi connectivity index (χ1v) is 4.49. The van der Waals surface area contributed by atoms with Gasteiger partial charge in [-0.05, 0) is 13.8 Å². The normalized spacial score (nSPS) is 12.5. The third-order valence-electron chi connectivity index (χ3n) is 1.83. The number of hydrogen-bond acceptors (Lipinski definition) is 5. The highest BCUT2D eigenvalue weighted by Gasteiger charge is 2.01. The standard InChI is InChI=1S/C9H16N4O/c1-6(14-3)5-11-9-4-8(10)12-7(2)13-9/h4,6H,5H2,1-3H3,(H3,10,11,12,13). The lowest BCUT2D eigenvalue weighted by atomic mass is 10.4. The molecule has 0 saturated heterocycles. The molecule has 0 aliphatic heterocycles. The van der Waals surface area contributed by atoms with Gasteiger partial charge in [-0.1, -0.05) is 0 Å². The number of aryl methyl sites for hydroxylation is 1. The molecule has 0 saturated carbocycles. The van der Waals surface area contributed by atoms with E-state index in [1.165, 1.54) is 0 Å². The smallest absolute Gasteiger partial charge is 0.131 e. The van der Waals surface area contributed by atoms with E-state index in [4.69, 9.17) is 10.5 Å². The molecule has 1 rings (SSSR count). The van der Waals surface area contributed by atoms with E-state index >= 15 is 0 Å². The van der Waals surface area contributed by atoms with Crippen LogP contribution < -0.4 is 11.1 Å². The fourth-order valence-corrected chi connectivity index (χ4v) is 1.01. The molecule has 5 heteroatoms. The zero-order chi connectivity index (χ0) is 10.6. The van der Waals surface area contributed by atoms with Gasteiger partial charge in [-0.2, -0.15) is 0 Å². The van der Waals surface area contributed by atoms with Crippen molar-refractivity contribution in [3.05, 3.63) is 11.9 Å². The highest BCUT2D eigenvalue weighted by molar-refractivity contribution is 5.44. The molecule has 78 valence electrons. The lowest BCUT2D eigenvalue weighted by Crippen LogP contribution is -2.19. The molecule has 0 spiro atoms. The lowest BCUT2D eigenvalue weighted by Gasteiger charge is -2.11. The molecule has 0 amide bonds. The van der Waals surface area contributed by atoms with Gasteiger partial charge >= 0.3 is 0 Å². The maximum absolute atomic E-state index is 5.58. The van der Waals surface area contributed by atoms with Crippen molar-refractivity contribution < 1.29 is 4.74 Å². The number of nitrogens with one attached hydrogen (secondary N) is 1. The van der Waals surface area contributed by atoms with Gasteiger partial charge in [0.2, 0.25) is 0 Å². The van der Waals surface area contributed by atoms with E-state index in [-0.39, 0.29) is 6.10 Å². The van der Waals surface area contributed by atoms with Crippen LogP contribution in [0, 0.1) is 6.92 Å². The number of anilines is 2. The lowest BCUT2D eigenvalue weighted by molar-refractivity contribution is 0.128. The van der Waals surface area contributed by atoms with Crippen molar-refractivity contribution in [2.75, 3.05) is 24.7 Å². The summed E-state index contributed by atoms with van der Waals surface area (Å²) in [4.78, 5) is 8.16. The van der Waals surface area contributed by atoms with Gasteiger partial charge in [-0.15, -0.1) is 0 Å². The van der Waals surface area contributed by atoms with Crippen LogP contribution in [0.1, 0.15) is 12.7 Å². The number of hydrogen-bond donors (Lipinski definition) is 2. The fraction of sp³-hybridized carbons (Fsp3) is 0.556. The van der Waals surface area contributed by atoms with Crippen LogP contribution in [-0.4, -0.2) is 29.7 Å². The Morgan fingerprint density at radius 2 is 2.29 bits per heavy atom. The Bertz CT molecular complexity index is 283. The van der Waals surface area contributed by atoms with Gasteiger partial charge in [-0.3, -0.25) is 0 Å². The van der Waals surface area contributed by atoms with Gasteiger partial charge in [-0.25, -0.2) is 9.97 Å².